The first-order chi connectivity index (χ1) is 13.2. The Morgan fingerprint density at radius 2 is 1.93 bits per heavy atom. The smallest absolute Gasteiger partial charge is 0.278 e. The molecule has 0 aliphatic heterocycles. The molecule has 0 radical (unpaired) electrons. The maximum Gasteiger partial charge on any atom is 0.278 e. The van der Waals surface area contributed by atoms with E-state index in [1.807, 2.05) is 26.8 Å². The number of fused-ring (bicyclic) bond motifs is 1. The van der Waals surface area contributed by atoms with Gasteiger partial charge < -0.3 is 10.3 Å². The highest BCUT2D eigenvalue weighted by Gasteiger charge is 2.16. The largest absolute Gasteiger partial charge is 0.353 e. The molecule has 0 saturated heterocycles. The highest BCUT2D eigenvalue weighted by Crippen LogP contribution is 2.23. The molecule has 3 rings (SSSR count). The quantitative estimate of drug-likeness (QED) is 0.430. The summed E-state index contributed by atoms with van der Waals surface area (Å²) in [7, 11) is 0. The Hall–Kier alpha value is -1.96. The molecule has 0 aliphatic rings. The molecule has 6 nitrogen and oxygen atoms in total. The Bertz CT molecular complexity index is 1070. The molecular weight excluding hydrogens is 419 g/mol. The molecule has 3 aromatic rings. The summed E-state index contributed by atoms with van der Waals surface area (Å²) in [5.41, 5.74) is 2.35. The molecule has 28 heavy (non-hydrogen) atoms. The van der Waals surface area contributed by atoms with Crippen molar-refractivity contribution in [2.24, 2.45) is 5.92 Å². The van der Waals surface area contributed by atoms with Gasteiger partial charge in [-0.3, -0.25) is 14.2 Å². The molecule has 0 atom stereocenters. The number of benzene rings is 1. The maximum absolute atomic E-state index is 12.9. The van der Waals surface area contributed by atoms with Crippen LogP contribution in [0.4, 0.5) is 5.69 Å². The van der Waals surface area contributed by atoms with Crippen LogP contribution in [0, 0.1) is 12.8 Å². The van der Waals surface area contributed by atoms with Gasteiger partial charge in [0.2, 0.25) is 5.91 Å². The van der Waals surface area contributed by atoms with Crippen LogP contribution >= 0.6 is 35.0 Å². The zero-order chi connectivity index (χ0) is 20.4. The zero-order valence-corrected chi connectivity index (χ0v) is 18.0. The van der Waals surface area contributed by atoms with Crippen LogP contribution < -0.4 is 10.9 Å². The molecule has 0 bridgehead atoms. The molecule has 0 saturated carbocycles. The molecule has 148 valence electrons. The third-order valence-corrected chi connectivity index (χ3v) is 5.28. The topological polar surface area (TPSA) is 79.8 Å². The third kappa shape index (κ3) is 4.90. The van der Waals surface area contributed by atoms with Crippen molar-refractivity contribution in [1.29, 1.82) is 0 Å². The summed E-state index contributed by atoms with van der Waals surface area (Å²) < 4.78 is 1.62. The number of hydrogen-bond donors (Lipinski definition) is 2. The van der Waals surface area contributed by atoms with Crippen molar-refractivity contribution in [2.75, 3.05) is 11.1 Å². The van der Waals surface area contributed by atoms with Gasteiger partial charge in [0.05, 0.1) is 11.3 Å². The van der Waals surface area contributed by atoms with Crippen LogP contribution in [-0.4, -0.2) is 26.2 Å². The molecular formula is C19H20Cl2N4O2S. The van der Waals surface area contributed by atoms with Crippen LogP contribution in [0.1, 0.15) is 19.5 Å². The average Bonchev–Trinajstić information content (AvgIpc) is 2.95. The van der Waals surface area contributed by atoms with Crippen LogP contribution in [0.5, 0.6) is 0 Å². The van der Waals surface area contributed by atoms with Gasteiger partial charge in [-0.2, -0.15) is 0 Å². The summed E-state index contributed by atoms with van der Waals surface area (Å²) in [5, 5.41) is 4.16. The van der Waals surface area contributed by atoms with Gasteiger partial charge in [0, 0.05) is 28.0 Å². The van der Waals surface area contributed by atoms with Gasteiger partial charge in [-0.25, -0.2) is 4.98 Å². The third-order valence-electron chi connectivity index (χ3n) is 3.86. The molecule has 9 heteroatoms. The molecule has 0 aliphatic carbocycles. The number of carbonyl (C=O) groups is 1. The molecule has 1 aromatic carbocycles. The lowest BCUT2D eigenvalue weighted by Crippen LogP contribution is -2.26. The average molecular weight is 439 g/mol. The second-order valence-corrected chi connectivity index (χ2v) is 8.73. The van der Waals surface area contributed by atoms with Crippen molar-refractivity contribution in [1.82, 2.24) is 14.5 Å². The Labute approximate surface area is 176 Å². The minimum atomic E-state index is -0.237. The lowest BCUT2D eigenvalue weighted by atomic mass is 10.2. The van der Waals surface area contributed by atoms with Crippen molar-refractivity contribution >= 4 is 57.6 Å². The number of nitrogens with zero attached hydrogens (tertiary/aromatic N) is 2. The minimum absolute atomic E-state index is 0.101. The van der Waals surface area contributed by atoms with Gasteiger partial charge in [-0.05, 0) is 37.1 Å². The van der Waals surface area contributed by atoms with Crippen LogP contribution in [0.3, 0.4) is 0 Å². The molecule has 0 spiro atoms. The fourth-order valence-corrected chi connectivity index (χ4v) is 4.14. The van der Waals surface area contributed by atoms with E-state index < -0.39 is 0 Å². The first-order valence-corrected chi connectivity index (χ1v) is 10.5. The molecule has 0 fully saturated rings. The van der Waals surface area contributed by atoms with Gasteiger partial charge >= 0.3 is 0 Å². The van der Waals surface area contributed by atoms with Gasteiger partial charge in [0.15, 0.2) is 5.16 Å². The summed E-state index contributed by atoms with van der Waals surface area (Å²) in [6.45, 7) is 6.46. The van der Waals surface area contributed by atoms with E-state index in [9.17, 15) is 9.59 Å². The standard InChI is InChI=1S/C19H20Cl2N4O2S/c1-10(2)8-25-18(27)17-15(4-11(3)22-17)24-19(25)28-9-16(26)23-14-6-12(20)5-13(21)7-14/h4-7,10,22H,8-9H2,1-3H3,(H,23,26). The number of aromatic amines is 1. The summed E-state index contributed by atoms with van der Waals surface area (Å²) in [6, 6.07) is 6.67. The fraction of sp³-hybridized carbons (Fsp3) is 0.316. The van der Waals surface area contributed by atoms with E-state index in [1.165, 1.54) is 11.8 Å². The number of aryl methyl sites for hydroxylation is 1. The second kappa shape index (κ2) is 8.59. The number of hydrogen-bond acceptors (Lipinski definition) is 4. The fourth-order valence-electron chi connectivity index (χ4n) is 2.80. The number of nitrogens with one attached hydrogen (secondary N) is 2. The zero-order valence-electron chi connectivity index (χ0n) is 15.7. The first kappa shape index (κ1) is 20.8. The van der Waals surface area contributed by atoms with E-state index in [0.29, 0.717) is 38.5 Å². The molecule has 2 aromatic heterocycles. The number of carbonyl (C=O) groups excluding carboxylic acids is 1. The van der Waals surface area contributed by atoms with E-state index in [1.54, 1.807) is 22.8 Å². The van der Waals surface area contributed by atoms with E-state index >= 15 is 0 Å². The van der Waals surface area contributed by atoms with Crippen molar-refractivity contribution in [3.63, 3.8) is 0 Å². The lowest BCUT2D eigenvalue weighted by molar-refractivity contribution is -0.113. The first-order valence-electron chi connectivity index (χ1n) is 8.72. The number of aromatic nitrogens is 3. The van der Waals surface area contributed by atoms with Gasteiger partial charge in [0.1, 0.15) is 5.52 Å². The molecule has 0 unspecified atom stereocenters. The molecule has 1 amide bonds. The van der Waals surface area contributed by atoms with Gasteiger partial charge in [-0.1, -0.05) is 48.8 Å². The van der Waals surface area contributed by atoms with Crippen LogP contribution in [0.2, 0.25) is 10.0 Å². The maximum atomic E-state index is 12.9. The van der Waals surface area contributed by atoms with Crippen molar-refractivity contribution in [3.8, 4) is 0 Å². The Morgan fingerprint density at radius 3 is 2.57 bits per heavy atom. The minimum Gasteiger partial charge on any atom is -0.353 e. The number of halogens is 2. The SMILES string of the molecule is Cc1cc2nc(SCC(=O)Nc3cc(Cl)cc(Cl)c3)n(CC(C)C)c(=O)c2[nH]1. The normalized spacial score (nSPS) is 11.4. The Kier molecular flexibility index (Phi) is 6.37. The second-order valence-electron chi connectivity index (χ2n) is 6.91. The van der Waals surface area contributed by atoms with Gasteiger partial charge in [-0.15, -0.1) is 0 Å². The number of thioether (sulfide) groups is 1. The van der Waals surface area contributed by atoms with Crippen molar-refractivity contribution in [3.05, 3.63) is 50.4 Å². The monoisotopic (exact) mass is 438 g/mol. The van der Waals surface area contributed by atoms with Crippen LogP contribution in [0.25, 0.3) is 11.0 Å². The number of rotatable bonds is 6. The van der Waals surface area contributed by atoms with Gasteiger partial charge in [0.25, 0.3) is 5.56 Å². The number of H-pyrrole nitrogens is 1. The van der Waals surface area contributed by atoms with Crippen LogP contribution in [-0.2, 0) is 11.3 Å². The summed E-state index contributed by atoms with van der Waals surface area (Å²) in [4.78, 5) is 32.9. The van der Waals surface area contributed by atoms with Crippen LogP contribution in [0.15, 0.2) is 34.2 Å². The molecule has 2 heterocycles. The summed E-state index contributed by atoms with van der Waals surface area (Å²) in [5.74, 6) is 0.123. The van der Waals surface area contributed by atoms with E-state index in [-0.39, 0.29) is 23.1 Å². The number of amides is 1. The van der Waals surface area contributed by atoms with E-state index in [2.05, 4.69) is 15.3 Å². The van der Waals surface area contributed by atoms with Crippen molar-refractivity contribution < 1.29 is 4.79 Å². The highest BCUT2D eigenvalue weighted by atomic mass is 35.5. The van der Waals surface area contributed by atoms with E-state index in [0.717, 1.165) is 5.69 Å². The Balaban J connectivity index is 1.82. The predicted molar refractivity (Wildman–Crippen MR) is 116 cm³/mol. The lowest BCUT2D eigenvalue weighted by Gasteiger charge is -2.14. The van der Waals surface area contributed by atoms with E-state index in [4.69, 9.17) is 23.2 Å². The summed E-state index contributed by atoms with van der Waals surface area (Å²) in [6.07, 6.45) is 0. The molecule has 2 N–H and O–H groups in total. The van der Waals surface area contributed by atoms with Crippen molar-refractivity contribution in [2.45, 2.75) is 32.5 Å². The highest BCUT2D eigenvalue weighted by molar-refractivity contribution is 7.99. The predicted octanol–water partition coefficient (Wildman–Crippen LogP) is 4.73. The number of anilines is 1. The summed E-state index contributed by atoms with van der Waals surface area (Å²) >= 11 is 13.1. The Morgan fingerprint density at radius 1 is 1.25 bits per heavy atom.